The number of nitro benzene ring substituents is 1. The minimum atomic E-state index is -0.631. The maximum Gasteiger partial charge on any atom is 0.307 e. The normalized spacial score (nSPS) is 11.2. The number of carbonyl (C=O) groups is 1. The lowest BCUT2D eigenvalue weighted by molar-refractivity contribution is -0.384. The van der Waals surface area contributed by atoms with Crippen LogP contribution < -0.4 is 5.43 Å². The maximum atomic E-state index is 12.1. The van der Waals surface area contributed by atoms with Gasteiger partial charge in [-0.15, -0.1) is 0 Å². The summed E-state index contributed by atoms with van der Waals surface area (Å²) in [6.07, 6.45) is 1.27. The summed E-state index contributed by atoms with van der Waals surface area (Å²) in [5.74, 6) is -0.701. The van der Waals surface area contributed by atoms with E-state index < -0.39 is 10.8 Å². The topological polar surface area (TPSA) is 118 Å². The van der Waals surface area contributed by atoms with Crippen molar-refractivity contribution in [3.63, 3.8) is 0 Å². The number of rotatable bonds is 4. The number of carbonyl (C=O) groups excluding carboxylic acids is 1. The predicted molar refractivity (Wildman–Crippen MR) is 101 cm³/mol. The second-order valence-electron chi connectivity index (χ2n) is 5.11. The molecule has 2 aromatic carbocycles. The lowest BCUT2D eigenvalue weighted by Gasteiger charge is -2.02. The predicted octanol–water partition coefficient (Wildman–Crippen LogP) is 4.34. The average Bonchev–Trinajstić information content (AvgIpc) is 3.02. The molecule has 0 atom stereocenters. The van der Waals surface area contributed by atoms with Crippen LogP contribution in [0.4, 0.5) is 5.69 Å². The summed E-state index contributed by atoms with van der Waals surface area (Å²) in [5.41, 5.74) is 2.90. The number of halogens is 2. The number of amides is 1. The Hall–Kier alpha value is -2.72. The third-order valence-electron chi connectivity index (χ3n) is 3.36. The van der Waals surface area contributed by atoms with Gasteiger partial charge in [-0.1, -0.05) is 15.9 Å². The Balaban J connectivity index is 1.78. The van der Waals surface area contributed by atoms with Gasteiger partial charge in [0, 0.05) is 27.6 Å². The van der Waals surface area contributed by atoms with Gasteiger partial charge in [0.25, 0.3) is 5.69 Å². The van der Waals surface area contributed by atoms with E-state index in [9.17, 15) is 20.0 Å². The SMILES string of the molecule is O=C(N/N=C\c1cc(Br)cc(Br)c1O)c1cc2cc([N+](=O)[O-])ccc2o1. The molecule has 132 valence electrons. The van der Waals surface area contributed by atoms with Crippen LogP contribution in [0.1, 0.15) is 16.1 Å². The number of nitrogens with zero attached hydrogens (tertiary/aromatic N) is 2. The van der Waals surface area contributed by atoms with E-state index in [4.69, 9.17) is 4.42 Å². The summed E-state index contributed by atoms with van der Waals surface area (Å²) in [6.45, 7) is 0. The van der Waals surface area contributed by atoms with E-state index in [1.807, 2.05) is 0 Å². The molecule has 0 spiro atoms. The molecule has 3 aromatic rings. The zero-order valence-corrected chi connectivity index (χ0v) is 15.9. The van der Waals surface area contributed by atoms with E-state index in [-0.39, 0.29) is 17.2 Å². The third-order valence-corrected chi connectivity index (χ3v) is 4.42. The van der Waals surface area contributed by atoms with Gasteiger partial charge >= 0.3 is 5.91 Å². The Morgan fingerprint density at radius 1 is 1.27 bits per heavy atom. The molecule has 0 unspecified atom stereocenters. The van der Waals surface area contributed by atoms with Crippen LogP contribution in [0, 0.1) is 10.1 Å². The number of benzene rings is 2. The molecule has 0 aliphatic carbocycles. The molecule has 0 radical (unpaired) electrons. The highest BCUT2D eigenvalue weighted by Crippen LogP contribution is 2.30. The number of hydrazone groups is 1. The van der Waals surface area contributed by atoms with Crippen molar-refractivity contribution in [2.75, 3.05) is 0 Å². The van der Waals surface area contributed by atoms with Gasteiger partial charge in [0.15, 0.2) is 5.76 Å². The fraction of sp³-hybridized carbons (Fsp3) is 0. The quantitative estimate of drug-likeness (QED) is 0.326. The summed E-state index contributed by atoms with van der Waals surface area (Å²) in [4.78, 5) is 22.4. The Morgan fingerprint density at radius 3 is 2.77 bits per heavy atom. The van der Waals surface area contributed by atoms with Crippen molar-refractivity contribution < 1.29 is 19.2 Å². The number of fused-ring (bicyclic) bond motifs is 1. The first-order valence-electron chi connectivity index (χ1n) is 7.04. The van der Waals surface area contributed by atoms with Gasteiger partial charge in [-0.2, -0.15) is 5.10 Å². The Labute approximate surface area is 162 Å². The number of non-ortho nitro benzene ring substituents is 1. The molecule has 0 saturated heterocycles. The fourth-order valence-electron chi connectivity index (χ4n) is 2.16. The molecule has 0 bridgehead atoms. The molecule has 0 aliphatic heterocycles. The second-order valence-corrected chi connectivity index (χ2v) is 6.88. The van der Waals surface area contributed by atoms with Gasteiger partial charge < -0.3 is 9.52 Å². The highest BCUT2D eigenvalue weighted by Gasteiger charge is 2.14. The standard InChI is InChI=1S/C16H9Br2N3O5/c17-10-3-9(15(22)12(18)6-10)7-19-20-16(23)14-5-8-4-11(21(24)25)1-2-13(8)26-14/h1-7,22H,(H,20,23)/b19-7-. The molecular formula is C16H9Br2N3O5. The number of hydrogen-bond donors (Lipinski definition) is 2. The number of nitro groups is 1. The second kappa shape index (κ2) is 7.26. The molecule has 1 aromatic heterocycles. The first kappa shape index (κ1) is 18.1. The van der Waals surface area contributed by atoms with Crippen LogP contribution in [0.5, 0.6) is 5.75 Å². The Kier molecular flexibility index (Phi) is 5.05. The molecule has 3 rings (SSSR count). The van der Waals surface area contributed by atoms with Crippen LogP contribution in [0.15, 0.2) is 54.9 Å². The number of nitrogens with one attached hydrogen (secondary N) is 1. The van der Waals surface area contributed by atoms with Crippen molar-refractivity contribution in [2.45, 2.75) is 0 Å². The molecule has 8 nitrogen and oxygen atoms in total. The van der Waals surface area contributed by atoms with Gasteiger partial charge in [0.2, 0.25) is 0 Å². The van der Waals surface area contributed by atoms with Crippen molar-refractivity contribution in [2.24, 2.45) is 5.10 Å². The van der Waals surface area contributed by atoms with Crippen molar-refractivity contribution in [3.05, 3.63) is 66.8 Å². The summed E-state index contributed by atoms with van der Waals surface area (Å²) >= 11 is 6.49. The smallest absolute Gasteiger partial charge is 0.307 e. The molecular weight excluding hydrogens is 474 g/mol. The van der Waals surface area contributed by atoms with E-state index in [0.29, 0.717) is 25.5 Å². The van der Waals surface area contributed by atoms with Crippen molar-refractivity contribution in [1.82, 2.24) is 5.43 Å². The van der Waals surface area contributed by atoms with Crippen LogP contribution in [0.2, 0.25) is 0 Å². The number of phenolic OH excluding ortho intramolecular Hbond substituents is 1. The zero-order valence-electron chi connectivity index (χ0n) is 12.8. The number of furan rings is 1. The van der Waals surface area contributed by atoms with Gasteiger partial charge in [-0.25, -0.2) is 5.43 Å². The van der Waals surface area contributed by atoms with Gasteiger partial charge in [0.1, 0.15) is 11.3 Å². The molecule has 2 N–H and O–H groups in total. The van der Waals surface area contributed by atoms with E-state index >= 15 is 0 Å². The lowest BCUT2D eigenvalue weighted by atomic mass is 10.2. The van der Waals surface area contributed by atoms with Crippen LogP contribution >= 0.6 is 31.9 Å². The van der Waals surface area contributed by atoms with E-state index in [1.165, 1.54) is 30.5 Å². The average molecular weight is 483 g/mol. The summed E-state index contributed by atoms with van der Waals surface area (Å²) in [7, 11) is 0. The summed E-state index contributed by atoms with van der Waals surface area (Å²) in [6, 6.07) is 8.70. The van der Waals surface area contributed by atoms with Crippen LogP contribution in [-0.2, 0) is 0 Å². The number of hydrogen-bond acceptors (Lipinski definition) is 6. The van der Waals surface area contributed by atoms with E-state index in [2.05, 4.69) is 42.4 Å². The fourth-order valence-corrected chi connectivity index (χ4v) is 3.41. The van der Waals surface area contributed by atoms with Gasteiger partial charge in [0.05, 0.1) is 15.6 Å². The minimum absolute atomic E-state index is 0.0257. The lowest BCUT2D eigenvalue weighted by Crippen LogP contribution is -2.16. The van der Waals surface area contributed by atoms with Crippen LogP contribution in [-0.4, -0.2) is 22.2 Å². The summed E-state index contributed by atoms with van der Waals surface area (Å²) < 4.78 is 6.54. The third kappa shape index (κ3) is 3.75. The van der Waals surface area contributed by atoms with Crippen molar-refractivity contribution in [3.8, 4) is 5.75 Å². The highest BCUT2D eigenvalue weighted by atomic mass is 79.9. The monoisotopic (exact) mass is 481 g/mol. The molecule has 0 saturated carbocycles. The molecule has 10 heteroatoms. The van der Waals surface area contributed by atoms with Crippen LogP contribution in [0.25, 0.3) is 11.0 Å². The van der Waals surface area contributed by atoms with Gasteiger partial charge in [-0.05, 0) is 40.2 Å². The Bertz CT molecular complexity index is 1060. The highest BCUT2D eigenvalue weighted by molar-refractivity contribution is 9.11. The first-order valence-corrected chi connectivity index (χ1v) is 8.63. The zero-order chi connectivity index (χ0) is 18.8. The van der Waals surface area contributed by atoms with E-state index in [0.717, 1.165) is 0 Å². The molecule has 0 fully saturated rings. The number of aromatic hydroxyl groups is 1. The maximum absolute atomic E-state index is 12.1. The van der Waals surface area contributed by atoms with Crippen molar-refractivity contribution >= 4 is 60.6 Å². The van der Waals surface area contributed by atoms with Gasteiger partial charge in [-0.3, -0.25) is 14.9 Å². The molecule has 1 amide bonds. The van der Waals surface area contributed by atoms with E-state index in [1.54, 1.807) is 12.1 Å². The van der Waals surface area contributed by atoms with Crippen molar-refractivity contribution in [1.29, 1.82) is 0 Å². The molecule has 0 aliphatic rings. The minimum Gasteiger partial charge on any atom is -0.506 e. The first-order chi connectivity index (χ1) is 12.3. The summed E-state index contributed by atoms with van der Waals surface area (Å²) in [5, 5.41) is 24.9. The van der Waals surface area contributed by atoms with Crippen LogP contribution in [0.3, 0.4) is 0 Å². The molecule has 1 heterocycles. The largest absolute Gasteiger partial charge is 0.506 e. The number of phenols is 1. The Morgan fingerprint density at radius 2 is 2.04 bits per heavy atom. The molecule has 26 heavy (non-hydrogen) atoms.